The lowest BCUT2D eigenvalue weighted by Crippen LogP contribution is -1.66. The van der Waals surface area contributed by atoms with Crippen LogP contribution in [0.15, 0.2) is 44.2 Å². The fraction of sp³-hybridized carbons (Fsp3) is 0.111. The van der Waals surface area contributed by atoms with E-state index in [1.807, 2.05) is 25.1 Å². The number of halogens is 2. The number of aromatic nitrogens is 2. The number of hydrogen-bond donors (Lipinski definition) is 0. The van der Waals surface area contributed by atoms with Crippen LogP contribution in [-0.2, 0) is 0 Å². The van der Waals surface area contributed by atoms with Crippen LogP contribution in [0.4, 0.5) is 0 Å². The van der Waals surface area contributed by atoms with Gasteiger partial charge in [-0.1, -0.05) is 11.2 Å². The molecule has 0 amide bonds. The summed E-state index contributed by atoms with van der Waals surface area (Å²) in [5.74, 6) is 0.826. The molecule has 0 spiro atoms. The van der Waals surface area contributed by atoms with E-state index in [1.54, 1.807) is 12.3 Å². The van der Waals surface area contributed by atoms with Crippen molar-refractivity contribution in [3.05, 3.63) is 45.4 Å². The lowest BCUT2D eigenvalue weighted by molar-refractivity contribution is 0.394. The molecule has 74 valence electrons. The van der Waals surface area contributed by atoms with E-state index >= 15 is 0 Å². The normalized spacial score (nSPS) is 9.07. The zero-order valence-electron chi connectivity index (χ0n) is 7.45. The van der Waals surface area contributed by atoms with Crippen molar-refractivity contribution in [2.75, 3.05) is 0 Å². The predicted octanol–water partition coefficient (Wildman–Crippen LogP) is 3.59. The second-order valence-corrected chi connectivity index (χ2v) is 4.04. The van der Waals surface area contributed by atoms with E-state index in [0.29, 0.717) is 0 Å². The maximum atomic E-state index is 4.67. The molecular weight excluding hydrogens is 312 g/mol. The number of pyridine rings is 1. The second-order valence-electron chi connectivity index (χ2n) is 2.41. The SMILES string of the molecule is Brc1ccccn1.Cc1cc(Br)no1. The number of nitrogens with zero attached hydrogens (tertiary/aromatic N) is 2. The standard InChI is InChI=1S/C5H4BrN.C4H4BrNO/c6-5-3-1-2-4-7-5;1-3-2-4(5)6-7-3/h1-4H;2H,1H3. The van der Waals surface area contributed by atoms with E-state index in [4.69, 9.17) is 0 Å². The van der Waals surface area contributed by atoms with Crippen LogP contribution in [0.5, 0.6) is 0 Å². The van der Waals surface area contributed by atoms with Gasteiger partial charge in [0.1, 0.15) is 15.0 Å². The van der Waals surface area contributed by atoms with Crippen LogP contribution >= 0.6 is 31.9 Å². The fourth-order valence-corrected chi connectivity index (χ4v) is 1.34. The van der Waals surface area contributed by atoms with Gasteiger partial charge in [-0.15, -0.1) is 0 Å². The molecule has 0 aliphatic rings. The molecule has 3 nitrogen and oxygen atoms in total. The molecule has 2 rings (SSSR count). The molecule has 0 bridgehead atoms. The van der Waals surface area contributed by atoms with Crippen molar-refractivity contribution in [2.24, 2.45) is 0 Å². The zero-order valence-corrected chi connectivity index (χ0v) is 10.6. The number of rotatable bonds is 0. The molecule has 0 radical (unpaired) electrons. The van der Waals surface area contributed by atoms with Gasteiger partial charge < -0.3 is 4.52 Å². The molecule has 2 aromatic rings. The van der Waals surface area contributed by atoms with Crippen molar-refractivity contribution in [1.82, 2.24) is 10.1 Å². The van der Waals surface area contributed by atoms with Crippen molar-refractivity contribution in [2.45, 2.75) is 6.92 Å². The van der Waals surface area contributed by atoms with Crippen molar-refractivity contribution in [3.8, 4) is 0 Å². The molecule has 0 aliphatic carbocycles. The molecule has 2 heterocycles. The van der Waals surface area contributed by atoms with Gasteiger partial charge in [0.25, 0.3) is 0 Å². The second kappa shape index (κ2) is 5.93. The smallest absolute Gasteiger partial charge is 0.149 e. The monoisotopic (exact) mass is 318 g/mol. The summed E-state index contributed by atoms with van der Waals surface area (Å²) >= 11 is 6.33. The molecule has 0 fully saturated rings. The molecular formula is C9H8Br2N2O. The maximum Gasteiger partial charge on any atom is 0.149 e. The zero-order chi connectivity index (χ0) is 10.4. The highest BCUT2D eigenvalue weighted by molar-refractivity contribution is 9.10. The quantitative estimate of drug-likeness (QED) is 0.697. The largest absolute Gasteiger partial charge is 0.361 e. The van der Waals surface area contributed by atoms with E-state index < -0.39 is 0 Å². The summed E-state index contributed by atoms with van der Waals surface area (Å²) in [5.41, 5.74) is 0. The van der Waals surface area contributed by atoms with Crippen LogP contribution in [0.3, 0.4) is 0 Å². The van der Waals surface area contributed by atoms with Gasteiger partial charge in [-0.3, -0.25) is 0 Å². The van der Waals surface area contributed by atoms with Gasteiger partial charge in [0.15, 0.2) is 0 Å². The van der Waals surface area contributed by atoms with Crippen LogP contribution in [0.1, 0.15) is 5.76 Å². The Morgan fingerprint density at radius 3 is 2.21 bits per heavy atom. The lowest BCUT2D eigenvalue weighted by Gasteiger charge is -1.80. The average molecular weight is 320 g/mol. The summed E-state index contributed by atoms with van der Waals surface area (Å²) < 4.78 is 6.31. The Balaban J connectivity index is 0.000000140. The van der Waals surface area contributed by atoms with E-state index in [1.165, 1.54) is 0 Å². The van der Waals surface area contributed by atoms with Gasteiger partial charge in [-0.25, -0.2) is 4.98 Å². The highest BCUT2D eigenvalue weighted by Gasteiger charge is 1.90. The number of hydrogen-bond acceptors (Lipinski definition) is 3. The first-order valence-electron chi connectivity index (χ1n) is 3.84. The van der Waals surface area contributed by atoms with Crippen LogP contribution < -0.4 is 0 Å². The fourth-order valence-electron chi connectivity index (χ4n) is 0.678. The first-order chi connectivity index (χ1) is 6.68. The summed E-state index contributed by atoms with van der Waals surface area (Å²) in [4.78, 5) is 3.90. The molecule has 5 heteroatoms. The Morgan fingerprint density at radius 2 is 2.00 bits per heavy atom. The van der Waals surface area contributed by atoms with Crippen molar-refractivity contribution in [3.63, 3.8) is 0 Å². The first kappa shape index (κ1) is 11.4. The van der Waals surface area contributed by atoms with Crippen LogP contribution in [0, 0.1) is 6.92 Å². The van der Waals surface area contributed by atoms with Gasteiger partial charge in [-0.2, -0.15) is 0 Å². The Labute approximate surface area is 98.8 Å². The van der Waals surface area contributed by atoms with Crippen molar-refractivity contribution >= 4 is 31.9 Å². The van der Waals surface area contributed by atoms with E-state index in [2.05, 4.69) is 46.5 Å². The lowest BCUT2D eigenvalue weighted by atomic mass is 10.5. The third-order valence-electron chi connectivity index (χ3n) is 1.23. The van der Waals surface area contributed by atoms with E-state index in [9.17, 15) is 0 Å². The third-order valence-corrected chi connectivity index (χ3v) is 2.07. The van der Waals surface area contributed by atoms with E-state index in [-0.39, 0.29) is 0 Å². The average Bonchev–Trinajstić information content (AvgIpc) is 2.52. The van der Waals surface area contributed by atoms with Gasteiger partial charge in [-0.05, 0) is 50.9 Å². The van der Waals surface area contributed by atoms with E-state index in [0.717, 1.165) is 15.0 Å². The minimum absolute atomic E-state index is 0.755. The molecule has 0 atom stereocenters. The van der Waals surface area contributed by atoms with Crippen LogP contribution in [0.25, 0.3) is 0 Å². The topological polar surface area (TPSA) is 38.9 Å². The molecule has 0 aliphatic heterocycles. The van der Waals surface area contributed by atoms with Crippen molar-refractivity contribution < 1.29 is 4.52 Å². The summed E-state index contributed by atoms with van der Waals surface area (Å²) in [6.07, 6.45) is 1.74. The summed E-state index contributed by atoms with van der Waals surface area (Å²) in [7, 11) is 0. The molecule has 0 unspecified atom stereocenters. The van der Waals surface area contributed by atoms with Gasteiger partial charge in [0, 0.05) is 12.3 Å². The highest BCUT2D eigenvalue weighted by atomic mass is 79.9. The van der Waals surface area contributed by atoms with Crippen molar-refractivity contribution in [1.29, 1.82) is 0 Å². The summed E-state index contributed by atoms with van der Waals surface area (Å²) in [6.45, 7) is 1.84. The van der Waals surface area contributed by atoms with Crippen LogP contribution in [-0.4, -0.2) is 10.1 Å². The predicted molar refractivity (Wildman–Crippen MR) is 60.9 cm³/mol. The Bertz CT molecular complexity index is 359. The Morgan fingerprint density at radius 1 is 1.21 bits per heavy atom. The van der Waals surface area contributed by atoms with Crippen LogP contribution in [0.2, 0.25) is 0 Å². The molecule has 0 aromatic carbocycles. The first-order valence-corrected chi connectivity index (χ1v) is 5.42. The Hall–Kier alpha value is -0.680. The minimum Gasteiger partial charge on any atom is -0.361 e. The number of aryl methyl sites for hydroxylation is 1. The maximum absolute atomic E-state index is 4.67. The summed E-state index contributed by atoms with van der Waals surface area (Å²) in [6, 6.07) is 7.50. The minimum atomic E-state index is 0.755. The molecule has 0 N–H and O–H groups in total. The third kappa shape index (κ3) is 4.53. The van der Waals surface area contributed by atoms with Gasteiger partial charge >= 0.3 is 0 Å². The molecule has 2 aromatic heterocycles. The van der Waals surface area contributed by atoms with Gasteiger partial charge in [0.05, 0.1) is 0 Å². The molecule has 0 saturated carbocycles. The molecule has 0 saturated heterocycles. The Kier molecular flexibility index (Phi) is 4.82. The summed E-state index contributed by atoms with van der Waals surface area (Å²) in [5, 5.41) is 3.56. The molecule has 14 heavy (non-hydrogen) atoms. The highest BCUT2D eigenvalue weighted by Crippen LogP contribution is 2.07. The van der Waals surface area contributed by atoms with Gasteiger partial charge in [0.2, 0.25) is 0 Å².